The summed E-state index contributed by atoms with van der Waals surface area (Å²) in [5.41, 5.74) is 4.92. The first-order valence-corrected chi connectivity index (χ1v) is 3.86. The second kappa shape index (κ2) is 3.85. The number of nitrogens with zero attached hydrogens (tertiary/aromatic N) is 2. The second-order valence-corrected chi connectivity index (χ2v) is 2.47. The van der Waals surface area contributed by atoms with Crippen LogP contribution in [0.2, 0.25) is 0 Å². The lowest BCUT2D eigenvalue weighted by molar-refractivity contribution is 0.0965. The van der Waals surface area contributed by atoms with Crippen LogP contribution in [0, 0.1) is 0 Å². The Morgan fingerprint density at radius 3 is 2.83 bits per heavy atom. The quantitative estimate of drug-likeness (QED) is 0.711. The van der Waals surface area contributed by atoms with Gasteiger partial charge in [-0.25, -0.2) is 0 Å². The highest BCUT2D eigenvalue weighted by Gasteiger charge is 2.09. The van der Waals surface area contributed by atoms with Crippen molar-refractivity contribution in [2.24, 2.45) is 5.73 Å². The summed E-state index contributed by atoms with van der Waals surface area (Å²) < 4.78 is 4.95. The number of aromatic nitrogens is 2. The van der Waals surface area contributed by atoms with E-state index in [0.717, 1.165) is 12.8 Å². The van der Waals surface area contributed by atoms with Crippen molar-refractivity contribution in [2.75, 3.05) is 0 Å². The summed E-state index contributed by atoms with van der Waals surface area (Å²) in [6.45, 7) is 2.06. The van der Waals surface area contributed by atoms with Gasteiger partial charge in [-0.1, -0.05) is 13.3 Å². The largest absolute Gasteiger partial charge is 0.417 e. The molecule has 0 fully saturated rings. The van der Waals surface area contributed by atoms with E-state index in [1.165, 1.54) is 0 Å². The molecule has 0 aliphatic heterocycles. The van der Waals surface area contributed by atoms with Crippen LogP contribution in [0.4, 0.5) is 0 Å². The number of nitrogens with two attached hydrogens (primary N) is 1. The van der Waals surface area contributed by atoms with Crippen molar-refractivity contribution in [3.63, 3.8) is 0 Å². The predicted molar refractivity (Wildman–Crippen MR) is 41.4 cm³/mol. The highest BCUT2D eigenvalue weighted by molar-refractivity contribution is 5.87. The molecule has 0 spiro atoms. The third-order valence-electron chi connectivity index (χ3n) is 1.42. The van der Waals surface area contributed by atoms with Gasteiger partial charge in [0.15, 0.2) is 0 Å². The van der Waals surface area contributed by atoms with Crippen molar-refractivity contribution in [2.45, 2.75) is 26.2 Å². The van der Waals surface area contributed by atoms with Crippen molar-refractivity contribution in [1.82, 2.24) is 10.2 Å². The SMILES string of the molecule is CCCCc1nnc(C(N)=O)o1. The van der Waals surface area contributed by atoms with E-state index in [-0.39, 0.29) is 5.89 Å². The van der Waals surface area contributed by atoms with E-state index in [1.54, 1.807) is 0 Å². The van der Waals surface area contributed by atoms with Crippen molar-refractivity contribution in [1.29, 1.82) is 0 Å². The van der Waals surface area contributed by atoms with Gasteiger partial charge in [-0.3, -0.25) is 4.79 Å². The molecule has 0 bridgehead atoms. The number of carbonyl (C=O) groups is 1. The van der Waals surface area contributed by atoms with Crippen LogP contribution < -0.4 is 5.73 Å². The fourth-order valence-corrected chi connectivity index (χ4v) is 0.782. The van der Waals surface area contributed by atoms with Crippen molar-refractivity contribution >= 4 is 5.91 Å². The summed E-state index contributed by atoms with van der Waals surface area (Å²) in [5.74, 6) is -0.308. The molecule has 1 heterocycles. The topological polar surface area (TPSA) is 82.0 Å². The van der Waals surface area contributed by atoms with Crippen LogP contribution in [0.15, 0.2) is 4.42 Å². The molecule has 1 rings (SSSR count). The lowest BCUT2D eigenvalue weighted by Crippen LogP contribution is -2.10. The highest BCUT2D eigenvalue weighted by Crippen LogP contribution is 2.03. The zero-order valence-corrected chi connectivity index (χ0v) is 6.91. The summed E-state index contributed by atoms with van der Waals surface area (Å²) in [6.07, 6.45) is 2.73. The van der Waals surface area contributed by atoms with Gasteiger partial charge >= 0.3 is 11.8 Å². The molecular weight excluding hydrogens is 158 g/mol. The third kappa shape index (κ3) is 2.05. The lowest BCUT2D eigenvalue weighted by atomic mass is 10.2. The Morgan fingerprint density at radius 1 is 1.58 bits per heavy atom. The molecule has 0 aromatic carbocycles. The smallest absolute Gasteiger partial charge is 0.306 e. The molecule has 0 radical (unpaired) electrons. The predicted octanol–water partition coefficient (Wildman–Crippen LogP) is 0.511. The van der Waals surface area contributed by atoms with Crippen molar-refractivity contribution in [3.05, 3.63) is 11.8 Å². The van der Waals surface area contributed by atoms with Gasteiger partial charge in [0.05, 0.1) is 0 Å². The average molecular weight is 169 g/mol. The summed E-state index contributed by atoms with van der Waals surface area (Å²) >= 11 is 0. The zero-order valence-electron chi connectivity index (χ0n) is 6.91. The Balaban J connectivity index is 2.58. The lowest BCUT2D eigenvalue weighted by Gasteiger charge is -1.88. The Hall–Kier alpha value is -1.39. The molecule has 1 amide bonds. The zero-order chi connectivity index (χ0) is 8.97. The third-order valence-corrected chi connectivity index (χ3v) is 1.42. The molecular formula is C7H11N3O2. The molecule has 0 saturated carbocycles. The minimum absolute atomic E-state index is 0.110. The Morgan fingerprint density at radius 2 is 2.33 bits per heavy atom. The Labute approximate surface area is 70.0 Å². The number of hydrogen-bond acceptors (Lipinski definition) is 4. The summed E-state index contributed by atoms with van der Waals surface area (Å²) in [5, 5.41) is 7.13. The fourth-order valence-electron chi connectivity index (χ4n) is 0.782. The number of primary amides is 1. The van der Waals surface area contributed by atoms with Crippen LogP contribution in [-0.4, -0.2) is 16.1 Å². The molecule has 0 unspecified atom stereocenters. The summed E-state index contributed by atoms with van der Waals surface area (Å²) in [7, 11) is 0. The fraction of sp³-hybridized carbons (Fsp3) is 0.571. The van der Waals surface area contributed by atoms with Gasteiger partial charge in [-0.15, -0.1) is 10.2 Å². The van der Waals surface area contributed by atoms with E-state index in [9.17, 15) is 4.79 Å². The number of unbranched alkanes of at least 4 members (excludes halogenated alkanes) is 1. The Bertz CT molecular complexity index is 269. The molecule has 0 saturated heterocycles. The maximum Gasteiger partial charge on any atom is 0.306 e. The molecule has 1 aromatic rings. The minimum atomic E-state index is -0.676. The highest BCUT2D eigenvalue weighted by atomic mass is 16.4. The van der Waals surface area contributed by atoms with E-state index in [2.05, 4.69) is 17.1 Å². The van der Waals surface area contributed by atoms with Gasteiger partial charge in [0, 0.05) is 6.42 Å². The van der Waals surface area contributed by atoms with Gasteiger partial charge < -0.3 is 10.2 Å². The van der Waals surface area contributed by atoms with E-state index in [4.69, 9.17) is 10.2 Å². The molecule has 5 heteroatoms. The molecule has 66 valence electrons. The van der Waals surface area contributed by atoms with Crippen LogP contribution in [0.3, 0.4) is 0 Å². The number of amides is 1. The van der Waals surface area contributed by atoms with Gasteiger partial charge in [0.1, 0.15) is 0 Å². The van der Waals surface area contributed by atoms with E-state index in [0.29, 0.717) is 12.3 Å². The summed E-state index contributed by atoms with van der Waals surface area (Å²) in [4.78, 5) is 10.5. The first-order valence-electron chi connectivity index (χ1n) is 3.86. The molecule has 12 heavy (non-hydrogen) atoms. The molecule has 5 nitrogen and oxygen atoms in total. The Kier molecular flexibility index (Phi) is 2.79. The standard InChI is InChI=1S/C7H11N3O2/c1-2-3-4-5-9-10-7(12-5)6(8)11/h2-4H2,1H3,(H2,8,11). The van der Waals surface area contributed by atoms with Crippen LogP contribution in [0.5, 0.6) is 0 Å². The van der Waals surface area contributed by atoms with Crippen molar-refractivity contribution < 1.29 is 9.21 Å². The molecule has 2 N–H and O–H groups in total. The van der Waals surface area contributed by atoms with Gasteiger partial charge in [0.2, 0.25) is 5.89 Å². The molecule has 0 aliphatic rings. The normalized spacial score (nSPS) is 10.1. The molecule has 0 atom stereocenters. The van der Waals surface area contributed by atoms with Crippen LogP contribution in [0.25, 0.3) is 0 Å². The average Bonchev–Trinajstić information content (AvgIpc) is 2.48. The van der Waals surface area contributed by atoms with Gasteiger partial charge in [0.25, 0.3) is 0 Å². The number of carbonyl (C=O) groups excluding carboxylic acids is 1. The first kappa shape index (κ1) is 8.70. The maximum atomic E-state index is 10.5. The number of hydrogen-bond donors (Lipinski definition) is 1. The number of rotatable bonds is 4. The van der Waals surface area contributed by atoms with E-state index in [1.807, 2.05) is 0 Å². The molecule has 1 aromatic heterocycles. The van der Waals surface area contributed by atoms with Crippen LogP contribution in [0.1, 0.15) is 36.3 Å². The van der Waals surface area contributed by atoms with E-state index < -0.39 is 5.91 Å². The maximum absolute atomic E-state index is 10.5. The monoisotopic (exact) mass is 169 g/mol. The van der Waals surface area contributed by atoms with Gasteiger partial charge in [-0.05, 0) is 6.42 Å². The second-order valence-electron chi connectivity index (χ2n) is 2.47. The van der Waals surface area contributed by atoms with Gasteiger partial charge in [-0.2, -0.15) is 0 Å². The van der Waals surface area contributed by atoms with Crippen molar-refractivity contribution in [3.8, 4) is 0 Å². The van der Waals surface area contributed by atoms with Crippen LogP contribution in [-0.2, 0) is 6.42 Å². The minimum Gasteiger partial charge on any atom is -0.417 e. The number of aryl methyl sites for hydroxylation is 1. The summed E-state index contributed by atoms with van der Waals surface area (Å²) in [6, 6.07) is 0. The molecule has 0 aliphatic carbocycles. The van der Waals surface area contributed by atoms with E-state index >= 15 is 0 Å². The first-order chi connectivity index (χ1) is 5.74. The van der Waals surface area contributed by atoms with Crippen LogP contribution >= 0.6 is 0 Å².